The molecule has 7 N–H and O–H groups in total. The number of phosphoric acid groups is 1. The Morgan fingerprint density at radius 1 is 0.696 bits per heavy atom. The Labute approximate surface area is 407 Å². The predicted octanol–water partition coefficient (Wildman–Crippen LogP) is 4.74. The van der Waals surface area contributed by atoms with Crippen molar-refractivity contribution in [2.75, 3.05) is 111 Å². The molecule has 22 nitrogen and oxygen atoms in total. The lowest BCUT2D eigenvalue weighted by molar-refractivity contribution is -0.144. The smallest absolute Gasteiger partial charge is 0.480 e. The monoisotopic (exact) mass is 1050 g/mol. The number of nitrogens with one attached hydrogen (secondary N) is 2. The van der Waals surface area contributed by atoms with Gasteiger partial charge in [-0.15, -0.1) is 0 Å². The molecule has 2 unspecified atom stereocenters. The second kappa shape index (κ2) is 29.1. The molecule has 392 valence electrons. The molecule has 1 saturated heterocycles. The second-order valence-electron chi connectivity index (χ2n) is 16.8. The summed E-state index contributed by atoms with van der Waals surface area (Å²) in [7, 11) is -14.8. The van der Waals surface area contributed by atoms with Crippen molar-refractivity contribution in [2.24, 2.45) is 0 Å². The molecule has 1 aliphatic heterocycles. The highest BCUT2D eigenvalue weighted by Gasteiger charge is 2.31. The molecule has 0 spiro atoms. The summed E-state index contributed by atoms with van der Waals surface area (Å²) in [5, 5.41) is 15.8. The molecule has 69 heavy (non-hydrogen) atoms. The van der Waals surface area contributed by atoms with Crippen molar-refractivity contribution in [3.8, 4) is 16.9 Å². The number of benzene rings is 2. The Hall–Kier alpha value is -2.71. The molecule has 1 heterocycles. The lowest BCUT2D eigenvalue weighted by Gasteiger charge is -2.36. The topological polar surface area (TPSA) is 287 Å². The SMILES string of the molecule is CCOP(CNC(=O)CN1CCN(CP(=O)(O)O)CCN(CC(=O)NCP(=O)(O)OCC)CCN([C@H](CCCOP(=O)(O)Oc2cc(C)c(-c3c(C)cc(C)cc3C)cc2C)C(=O)O)CC1)OCC. The number of hydrogen-bond acceptors (Lipinski definition) is 15. The van der Waals surface area contributed by atoms with Crippen LogP contribution >= 0.6 is 31.4 Å². The van der Waals surface area contributed by atoms with Crippen molar-refractivity contribution in [3.05, 3.63) is 52.1 Å². The fourth-order valence-corrected chi connectivity index (χ4v) is 11.6. The van der Waals surface area contributed by atoms with Crippen LogP contribution in [0.3, 0.4) is 0 Å². The lowest BCUT2D eigenvalue weighted by atomic mass is 9.90. The van der Waals surface area contributed by atoms with Crippen LogP contribution in [0.4, 0.5) is 0 Å². The van der Waals surface area contributed by atoms with E-state index in [0.717, 1.165) is 33.4 Å². The summed E-state index contributed by atoms with van der Waals surface area (Å²) in [4.78, 5) is 86.7. The van der Waals surface area contributed by atoms with Crippen LogP contribution in [-0.4, -0.2) is 179 Å². The van der Waals surface area contributed by atoms with Crippen molar-refractivity contribution in [1.29, 1.82) is 0 Å². The molecule has 2 aromatic carbocycles. The van der Waals surface area contributed by atoms with Crippen molar-refractivity contribution in [3.63, 3.8) is 0 Å². The molecule has 0 saturated carbocycles. The summed E-state index contributed by atoms with van der Waals surface area (Å²) in [6.07, 6.45) is -1.17. The molecular weight excluding hydrogens is 980 g/mol. The van der Waals surface area contributed by atoms with E-state index in [1.165, 1.54) is 11.8 Å². The van der Waals surface area contributed by atoms with E-state index in [4.69, 9.17) is 22.6 Å². The summed E-state index contributed by atoms with van der Waals surface area (Å²) in [5.41, 5.74) is 6.81. The number of carbonyl (C=O) groups is 3. The number of amides is 2. The molecule has 1 aliphatic rings. The van der Waals surface area contributed by atoms with Gasteiger partial charge in [0.05, 0.1) is 45.8 Å². The number of phosphoric ester groups is 1. The van der Waals surface area contributed by atoms with Crippen LogP contribution in [-0.2, 0) is 46.2 Å². The summed E-state index contributed by atoms with van der Waals surface area (Å²) >= 11 is 0. The Kier molecular flexibility index (Phi) is 25.6. The number of nitrogens with zero attached hydrogens (tertiary/aromatic N) is 4. The third-order valence-corrected chi connectivity index (χ3v) is 15.5. The van der Waals surface area contributed by atoms with Crippen LogP contribution in [0.1, 0.15) is 61.4 Å². The number of carbonyl (C=O) groups excluding carboxylic acids is 2. The lowest BCUT2D eigenvalue weighted by Crippen LogP contribution is -2.52. The minimum absolute atomic E-state index is 0.0174. The molecule has 1 fully saturated rings. The Morgan fingerprint density at radius 2 is 1.23 bits per heavy atom. The van der Waals surface area contributed by atoms with Crippen LogP contribution in [0.15, 0.2) is 24.3 Å². The van der Waals surface area contributed by atoms with Gasteiger partial charge in [0.15, 0.2) is 8.38 Å². The maximum atomic E-state index is 13.3. The molecule has 2 amide bonds. The first kappa shape index (κ1) is 60.6. The van der Waals surface area contributed by atoms with Crippen LogP contribution in [0.5, 0.6) is 5.75 Å². The zero-order chi connectivity index (χ0) is 51.5. The highest BCUT2D eigenvalue weighted by molar-refractivity contribution is 7.52. The summed E-state index contributed by atoms with van der Waals surface area (Å²) in [5.74, 6) is -2.06. The highest BCUT2D eigenvalue weighted by atomic mass is 31.2. The van der Waals surface area contributed by atoms with Crippen LogP contribution in [0, 0.1) is 34.6 Å². The minimum atomic E-state index is -4.68. The summed E-state index contributed by atoms with van der Waals surface area (Å²) < 4.78 is 64.7. The van der Waals surface area contributed by atoms with Gasteiger partial charge in [-0.3, -0.25) is 52.5 Å². The van der Waals surface area contributed by atoms with Gasteiger partial charge in [0.1, 0.15) is 24.4 Å². The first-order valence-corrected chi connectivity index (χ1v) is 29.4. The van der Waals surface area contributed by atoms with E-state index in [1.807, 2.05) is 47.6 Å². The van der Waals surface area contributed by atoms with Crippen molar-refractivity contribution in [1.82, 2.24) is 30.2 Å². The average molecular weight is 1050 g/mol. The normalized spacial score (nSPS) is 17.6. The molecule has 0 bridgehead atoms. The van der Waals surface area contributed by atoms with E-state index < -0.39 is 61.9 Å². The Bertz CT molecular complexity index is 2120. The largest absolute Gasteiger partial charge is 0.527 e. The third-order valence-electron chi connectivity index (χ3n) is 11.0. The predicted molar refractivity (Wildman–Crippen MR) is 263 cm³/mol. The number of carboxylic acids is 1. The fraction of sp³-hybridized carbons (Fsp3) is 0.651. The molecule has 0 radical (unpaired) electrons. The maximum Gasteiger partial charge on any atom is 0.527 e. The quantitative estimate of drug-likeness (QED) is 0.0495. The van der Waals surface area contributed by atoms with Gasteiger partial charge in [0.2, 0.25) is 11.8 Å². The number of hydrogen-bond donors (Lipinski definition) is 7. The van der Waals surface area contributed by atoms with Crippen molar-refractivity contribution in [2.45, 2.75) is 74.3 Å². The molecule has 3 atom stereocenters. The number of aryl methyl sites for hydroxylation is 5. The molecule has 3 rings (SSSR count). The first-order chi connectivity index (χ1) is 32.3. The minimum Gasteiger partial charge on any atom is -0.480 e. The van der Waals surface area contributed by atoms with Gasteiger partial charge in [-0.2, -0.15) is 0 Å². The second-order valence-corrected chi connectivity index (χ2v) is 23.2. The van der Waals surface area contributed by atoms with E-state index in [1.54, 1.807) is 27.7 Å². The van der Waals surface area contributed by atoms with Gasteiger partial charge in [-0.05, 0) is 114 Å². The maximum absolute atomic E-state index is 13.3. The van der Waals surface area contributed by atoms with Crippen molar-refractivity contribution < 1.29 is 75.4 Å². The molecule has 0 aromatic heterocycles. The number of carboxylic acid groups (broad SMARTS) is 1. The fourth-order valence-electron chi connectivity index (χ4n) is 7.94. The number of rotatable bonds is 26. The molecule has 2 aromatic rings. The van der Waals surface area contributed by atoms with E-state index in [0.29, 0.717) is 18.8 Å². The van der Waals surface area contributed by atoms with Gasteiger partial charge in [0, 0.05) is 52.4 Å². The molecular formula is C43H74N6O16P4. The van der Waals surface area contributed by atoms with Gasteiger partial charge in [-0.25, -0.2) is 4.57 Å². The Morgan fingerprint density at radius 3 is 1.75 bits per heavy atom. The Balaban J connectivity index is 1.83. The van der Waals surface area contributed by atoms with Gasteiger partial charge in [0.25, 0.3) is 0 Å². The molecule has 0 aliphatic carbocycles. The van der Waals surface area contributed by atoms with E-state index in [9.17, 15) is 52.8 Å². The van der Waals surface area contributed by atoms with E-state index in [2.05, 4.69) is 22.8 Å². The van der Waals surface area contributed by atoms with Gasteiger partial charge in [-0.1, -0.05) is 17.7 Å². The highest BCUT2D eigenvalue weighted by Crippen LogP contribution is 2.46. The first-order valence-electron chi connectivity index (χ1n) is 22.9. The standard InChI is InChI=1S/C43H74N6O16P4/c1-9-61-66(62-10-2)29-44-40(50)27-46-14-16-48(31-67(54,55)56)17-15-47(28-41(51)45-30-68(57,58)63-11-3)19-21-49(20-18-46)38(43(52)53)13-12-22-64-69(59,60)65-39-26-33(5)37(25-34(39)6)42-35(7)23-32(4)24-36(42)8/h23-26,38H,9-22,27-31H2,1-8H3,(H,44,50)(H,45,51)(H,52,53)(H,57,58)(H,59,60)(H2,54,55,56)/t38-/m1/s1. The third kappa shape index (κ3) is 22.3. The van der Waals surface area contributed by atoms with Crippen molar-refractivity contribution >= 4 is 49.2 Å². The zero-order valence-corrected chi connectivity index (χ0v) is 44.7. The molecule has 26 heteroatoms. The van der Waals surface area contributed by atoms with E-state index in [-0.39, 0.29) is 109 Å². The van der Waals surface area contributed by atoms with Crippen LogP contribution < -0.4 is 15.2 Å². The van der Waals surface area contributed by atoms with Crippen LogP contribution in [0.2, 0.25) is 0 Å². The van der Waals surface area contributed by atoms with Crippen LogP contribution in [0.25, 0.3) is 11.1 Å². The average Bonchev–Trinajstić information content (AvgIpc) is 3.23. The zero-order valence-electron chi connectivity index (χ0n) is 41.1. The summed E-state index contributed by atoms with van der Waals surface area (Å²) in [6.45, 7) is 15.5. The summed E-state index contributed by atoms with van der Waals surface area (Å²) in [6, 6.07) is 6.62. The van der Waals surface area contributed by atoms with Gasteiger partial charge >= 0.3 is 29.0 Å². The van der Waals surface area contributed by atoms with Gasteiger partial charge < -0.3 is 48.5 Å². The number of aliphatic carboxylic acids is 1. The van der Waals surface area contributed by atoms with E-state index >= 15 is 0 Å².